The first-order valence-electron chi connectivity index (χ1n) is 6.70. The molecule has 20 heavy (non-hydrogen) atoms. The minimum Gasteiger partial charge on any atom is -0.496 e. The molecule has 0 atom stereocenters. The molecule has 0 unspecified atom stereocenters. The fourth-order valence-corrected chi connectivity index (χ4v) is 2.66. The number of ether oxygens (including phenoxy) is 1. The van der Waals surface area contributed by atoms with Crippen LogP contribution in [0.5, 0.6) is 5.75 Å². The van der Waals surface area contributed by atoms with Gasteiger partial charge >= 0.3 is 0 Å². The Kier molecular flexibility index (Phi) is 4.23. The number of hydrogen-bond donors (Lipinski definition) is 1. The summed E-state index contributed by atoms with van der Waals surface area (Å²) in [5.41, 5.74) is 7.74. The molecule has 4 nitrogen and oxygen atoms in total. The number of aryl methyl sites for hydroxylation is 1. The van der Waals surface area contributed by atoms with Crippen LogP contribution < -0.4 is 10.5 Å². The van der Waals surface area contributed by atoms with Crippen molar-refractivity contribution in [2.45, 2.75) is 33.2 Å². The molecule has 2 aromatic rings. The van der Waals surface area contributed by atoms with Gasteiger partial charge in [-0.2, -0.15) is 0 Å². The second-order valence-electron chi connectivity index (χ2n) is 4.90. The molecule has 1 aromatic carbocycles. The Morgan fingerprint density at radius 3 is 2.60 bits per heavy atom. The zero-order valence-electron chi connectivity index (χ0n) is 12.3. The molecule has 0 fully saturated rings. The minimum atomic E-state index is 0.250. The van der Waals surface area contributed by atoms with E-state index in [2.05, 4.69) is 25.8 Å². The van der Waals surface area contributed by atoms with E-state index in [1.165, 1.54) is 0 Å². The molecule has 0 aliphatic rings. The second-order valence-corrected chi connectivity index (χ2v) is 5.30. The molecule has 0 saturated heterocycles. The van der Waals surface area contributed by atoms with Crippen LogP contribution in [0.2, 0.25) is 5.02 Å². The van der Waals surface area contributed by atoms with E-state index >= 15 is 0 Å². The topological polar surface area (TPSA) is 53.1 Å². The van der Waals surface area contributed by atoms with Crippen LogP contribution in [0.3, 0.4) is 0 Å². The number of nitrogen functional groups attached to an aromatic ring is 1. The van der Waals surface area contributed by atoms with E-state index in [-0.39, 0.29) is 6.04 Å². The van der Waals surface area contributed by atoms with Gasteiger partial charge in [-0.25, -0.2) is 4.98 Å². The van der Waals surface area contributed by atoms with Crippen molar-refractivity contribution in [2.75, 3.05) is 12.8 Å². The Bertz CT molecular complexity index is 620. The standard InChI is InChI=1S/C15H20ClN3O/c1-5-12-18-14(15(17)19(12)9(2)3)13-10(16)7-6-8-11(13)20-4/h6-9H,5,17H2,1-4H3. The fourth-order valence-electron chi connectivity index (χ4n) is 2.41. The quantitative estimate of drug-likeness (QED) is 0.929. The molecule has 0 aliphatic heterocycles. The van der Waals surface area contributed by atoms with E-state index in [9.17, 15) is 0 Å². The number of nitrogens with zero attached hydrogens (tertiary/aromatic N) is 2. The number of benzene rings is 1. The van der Waals surface area contributed by atoms with E-state index in [0.29, 0.717) is 22.3 Å². The van der Waals surface area contributed by atoms with Crippen molar-refractivity contribution in [1.82, 2.24) is 9.55 Å². The summed E-state index contributed by atoms with van der Waals surface area (Å²) in [5.74, 6) is 2.26. The number of hydrogen-bond acceptors (Lipinski definition) is 3. The van der Waals surface area contributed by atoms with E-state index in [1.54, 1.807) is 7.11 Å². The lowest BCUT2D eigenvalue weighted by molar-refractivity contribution is 0.416. The number of nitrogens with two attached hydrogens (primary N) is 1. The highest BCUT2D eigenvalue weighted by atomic mass is 35.5. The number of anilines is 1. The average molecular weight is 294 g/mol. The number of halogens is 1. The zero-order chi connectivity index (χ0) is 14.9. The largest absolute Gasteiger partial charge is 0.496 e. The molecule has 5 heteroatoms. The highest BCUT2D eigenvalue weighted by molar-refractivity contribution is 6.33. The lowest BCUT2D eigenvalue weighted by Gasteiger charge is -2.13. The molecule has 1 heterocycles. The molecule has 0 amide bonds. The molecular weight excluding hydrogens is 274 g/mol. The molecule has 0 aliphatic carbocycles. The maximum Gasteiger partial charge on any atom is 0.132 e. The second kappa shape index (κ2) is 5.75. The van der Waals surface area contributed by atoms with Gasteiger partial charge in [0, 0.05) is 12.5 Å². The summed E-state index contributed by atoms with van der Waals surface area (Å²) < 4.78 is 7.43. The van der Waals surface area contributed by atoms with Gasteiger partial charge in [0.2, 0.25) is 0 Å². The van der Waals surface area contributed by atoms with Crippen molar-refractivity contribution < 1.29 is 4.74 Å². The Morgan fingerprint density at radius 1 is 1.40 bits per heavy atom. The summed E-state index contributed by atoms with van der Waals surface area (Å²) in [5, 5.41) is 0.590. The SMILES string of the molecule is CCc1nc(-c2c(Cl)cccc2OC)c(N)n1C(C)C. The summed E-state index contributed by atoms with van der Waals surface area (Å²) in [6.07, 6.45) is 0.815. The van der Waals surface area contributed by atoms with Crippen molar-refractivity contribution in [3.05, 3.63) is 29.0 Å². The molecule has 2 rings (SSSR count). The molecule has 1 aromatic heterocycles. The van der Waals surface area contributed by atoms with Crippen molar-refractivity contribution in [2.24, 2.45) is 0 Å². The number of methoxy groups -OCH3 is 1. The molecule has 0 radical (unpaired) electrons. The van der Waals surface area contributed by atoms with Crippen molar-refractivity contribution >= 4 is 17.4 Å². The normalized spacial score (nSPS) is 11.1. The smallest absolute Gasteiger partial charge is 0.132 e. The van der Waals surface area contributed by atoms with Crippen molar-refractivity contribution in [3.8, 4) is 17.0 Å². The van der Waals surface area contributed by atoms with Crippen LogP contribution in [-0.2, 0) is 6.42 Å². The molecule has 2 N–H and O–H groups in total. The first kappa shape index (κ1) is 14.7. The minimum absolute atomic E-state index is 0.250. The lowest BCUT2D eigenvalue weighted by Crippen LogP contribution is -2.09. The van der Waals surface area contributed by atoms with E-state index in [4.69, 9.17) is 22.1 Å². The Morgan fingerprint density at radius 2 is 2.10 bits per heavy atom. The summed E-state index contributed by atoms with van der Waals surface area (Å²) in [6.45, 7) is 6.24. The van der Waals surface area contributed by atoms with E-state index in [1.807, 2.05) is 22.8 Å². The first-order chi connectivity index (χ1) is 9.51. The highest BCUT2D eigenvalue weighted by Crippen LogP contribution is 2.39. The van der Waals surface area contributed by atoms with Gasteiger partial charge in [0.25, 0.3) is 0 Å². The van der Waals surface area contributed by atoms with Crippen LogP contribution in [-0.4, -0.2) is 16.7 Å². The molecule has 0 spiro atoms. The molecule has 0 bridgehead atoms. The number of rotatable bonds is 4. The molecule has 108 valence electrons. The predicted octanol–water partition coefficient (Wildman–Crippen LogP) is 3.94. The lowest BCUT2D eigenvalue weighted by atomic mass is 10.1. The zero-order valence-corrected chi connectivity index (χ0v) is 13.0. The molecule has 0 saturated carbocycles. The van der Waals surface area contributed by atoms with Crippen LogP contribution in [0.25, 0.3) is 11.3 Å². The third-order valence-corrected chi connectivity index (χ3v) is 3.60. The maximum atomic E-state index is 6.31. The van der Waals surface area contributed by atoms with E-state index in [0.717, 1.165) is 17.8 Å². The third-order valence-electron chi connectivity index (χ3n) is 3.29. The van der Waals surface area contributed by atoms with Gasteiger partial charge in [0.1, 0.15) is 23.1 Å². The highest BCUT2D eigenvalue weighted by Gasteiger charge is 2.21. The van der Waals surface area contributed by atoms with Gasteiger partial charge in [0.05, 0.1) is 17.7 Å². The third kappa shape index (κ3) is 2.36. The van der Waals surface area contributed by atoms with Gasteiger partial charge in [-0.1, -0.05) is 24.6 Å². The summed E-state index contributed by atoms with van der Waals surface area (Å²) >= 11 is 6.31. The average Bonchev–Trinajstić information content (AvgIpc) is 2.75. The monoisotopic (exact) mass is 293 g/mol. The summed E-state index contributed by atoms with van der Waals surface area (Å²) in [7, 11) is 1.62. The fraction of sp³-hybridized carbons (Fsp3) is 0.400. The summed E-state index contributed by atoms with van der Waals surface area (Å²) in [4.78, 5) is 4.66. The van der Waals surface area contributed by atoms with Crippen LogP contribution in [0, 0.1) is 0 Å². The first-order valence-corrected chi connectivity index (χ1v) is 7.08. The van der Waals surface area contributed by atoms with Gasteiger partial charge in [-0.15, -0.1) is 0 Å². The Hall–Kier alpha value is -1.68. The Balaban J connectivity index is 2.71. The van der Waals surface area contributed by atoms with Gasteiger partial charge < -0.3 is 15.0 Å². The summed E-state index contributed by atoms with van der Waals surface area (Å²) in [6, 6.07) is 5.78. The van der Waals surface area contributed by atoms with Crippen LogP contribution >= 0.6 is 11.6 Å². The van der Waals surface area contributed by atoms with Crippen molar-refractivity contribution in [1.29, 1.82) is 0 Å². The van der Waals surface area contributed by atoms with Crippen LogP contribution in [0.15, 0.2) is 18.2 Å². The number of aromatic nitrogens is 2. The van der Waals surface area contributed by atoms with Gasteiger partial charge in [-0.05, 0) is 26.0 Å². The van der Waals surface area contributed by atoms with Crippen LogP contribution in [0.4, 0.5) is 5.82 Å². The van der Waals surface area contributed by atoms with Crippen molar-refractivity contribution in [3.63, 3.8) is 0 Å². The van der Waals surface area contributed by atoms with Gasteiger partial charge in [0.15, 0.2) is 0 Å². The number of imidazole rings is 1. The predicted molar refractivity (Wildman–Crippen MR) is 83.4 cm³/mol. The van der Waals surface area contributed by atoms with Crippen LogP contribution in [0.1, 0.15) is 32.6 Å². The maximum absolute atomic E-state index is 6.31. The van der Waals surface area contributed by atoms with E-state index < -0.39 is 0 Å². The molecular formula is C15H20ClN3O. The Labute approximate surface area is 124 Å². The van der Waals surface area contributed by atoms with Gasteiger partial charge in [-0.3, -0.25) is 0 Å².